The first-order valence-electron chi connectivity index (χ1n) is 9.84. The van der Waals surface area contributed by atoms with Crippen molar-refractivity contribution < 1.29 is 17.9 Å². The van der Waals surface area contributed by atoms with Crippen LogP contribution in [0, 0.1) is 13.8 Å². The molecule has 8 heteroatoms. The fourth-order valence-electron chi connectivity index (χ4n) is 3.73. The lowest BCUT2D eigenvalue weighted by Gasteiger charge is -2.18. The van der Waals surface area contributed by atoms with Gasteiger partial charge in [0.2, 0.25) is 0 Å². The highest BCUT2D eigenvalue weighted by Gasteiger charge is 2.31. The van der Waals surface area contributed by atoms with Crippen LogP contribution in [0.4, 0.5) is 0 Å². The summed E-state index contributed by atoms with van der Waals surface area (Å²) in [5, 5.41) is 4.58. The first kappa shape index (κ1) is 21.4. The Morgan fingerprint density at radius 2 is 1.93 bits per heavy atom. The normalized spacial score (nSPS) is 18.2. The van der Waals surface area contributed by atoms with Crippen molar-refractivity contribution in [1.29, 1.82) is 0 Å². The molecule has 2 aromatic rings. The fraction of sp³-hybridized carbons (Fsp3) is 0.524. The third-order valence-corrected chi connectivity index (χ3v) is 6.99. The van der Waals surface area contributed by atoms with E-state index >= 15 is 0 Å². The van der Waals surface area contributed by atoms with Crippen LogP contribution in [-0.2, 0) is 16.4 Å². The third kappa shape index (κ3) is 4.80. The van der Waals surface area contributed by atoms with Gasteiger partial charge in [0.25, 0.3) is 5.91 Å². The van der Waals surface area contributed by atoms with E-state index in [9.17, 15) is 13.2 Å². The van der Waals surface area contributed by atoms with E-state index < -0.39 is 9.84 Å². The Morgan fingerprint density at radius 3 is 2.48 bits per heavy atom. The Kier molecular flexibility index (Phi) is 6.03. The molecule has 1 aromatic carbocycles. The molecule has 158 valence electrons. The first-order valence-corrected chi connectivity index (χ1v) is 11.7. The Hall–Kier alpha value is -2.35. The van der Waals surface area contributed by atoms with Gasteiger partial charge in [0.1, 0.15) is 5.75 Å². The van der Waals surface area contributed by atoms with Crippen molar-refractivity contribution in [2.24, 2.45) is 0 Å². The van der Waals surface area contributed by atoms with Gasteiger partial charge in [-0.25, -0.2) is 8.42 Å². The minimum atomic E-state index is -2.98. The molecular formula is C21H29N3O4S. The second kappa shape index (κ2) is 8.18. The maximum Gasteiger partial charge on any atom is 0.253 e. The van der Waals surface area contributed by atoms with Crippen LogP contribution in [0.1, 0.15) is 53.6 Å². The van der Waals surface area contributed by atoms with E-state index in [1.165, 1.54) is 0 Å². The summed E-state index contributed by atoms with van der Waals surface area (Å²) in [7, 11) is -1.22. The smallest absolute Gasteiger partial charge is 0.253 e. The maximum absolute atomic E-state index is 12.8. The van der Waals surface area contributed by atoms with Crippen molar-refractivity contribution in [3.8, 4) is 5.75 Å². The summed E-state index contributed by atoms with van der Waals surface area (Å²) in [6, 6.07) is 7.01. The molecular weight excluding hydrogens is 390 g/mol. The number of carbonyl (C=O) groups is 1. The number of rotatable bonds is 6. The molecule has 1 fully saturated rings. The van der Waals surface area contributed by atoms with Gasteiger partial charge < -0.3 is 9.64 Å². The quantitative estimate of drug-likeness (QED) is 0.719. The molecule has 2 heterocycles. The standard InChI is InChI=1S/C21H29N3O4S/c1-14(2)28-19-8-6-17(7-9-19)21(25)23(5)12-20-15(3)22-24(16(20)4)18-10-11-29(26,27)13-18/h6-9,14,18H,10-13H2,1-5H3/t18-/m0/s1. The van der Waals surface area contributed by atoms with Gasteiger partial charge in [-0.1, -0.05) is 0 Å². The van der Waals surface area contributed by atoms with Gasteiger partial charge in [-0.05, 0) is 58.4 Å². The molecule has 0 aliphatic carbocycles. The summed E-state index contributed by atoms with van der Waals surface area (Å²) >= 11 is 0. The van der Waals surface area contributed by atoms with Gasteiger partial charge in [-0.2, -0.15) is 5.10 Å². The number of hydrogen-bond donors (Lipinski definition) is 0. The molecule has 0 N–H and O–H groups in total. The van der Waals surface area contributed by atoms with Crippen LogP contribution in [0.25, 0.3) is 0 Å². The second-order valence-corrected chi connectivity index (χ2v) is 10.2. The predicted octanol–water partition coefficient (Wildman–Crippen LogP) is 2.92. The zero-order valence-electron chi connectivity index (χ0n) is 17.7. The van der Waals surface area contributed by atoms with Crippen LogP contribution in [-0.4, -0.2) is 53.7 Å². The zero-order chi connectivity index (χ0) is 21.3. The van der Waals surface area contributed by atoms with Crippen molar-refractivity contribution in [1.82, 2.24) is 14.7 Å². The summed E-state index contributed by atoms with van der Waals surface area (Å²) in [5.41, 5.74) is 3.30. The predicted molar refractivity (Wildman–Crippen MR) is 112 cm³/mol. The number of hydrogen-bond acceptors (Lipinski definition) is 5. The maximum atomic E-state index is 12.8. The van der Waals surface area contributed by atoms with Gasteiger partial charge in [0, 0.05) is 30.4 Å². The molecule has 1 aliphatic heterocycles. The Labute approximate surface area is 172 Å². The van der Waals surface area contributed by atoms with E-state index in [0.717, 1.165) is 22.7 Å². The van der Waals surface area contributed by atoms with Gasteiger partial charge in [-0.3, -0.25) is 9.48 Å². The van der Waals surface area contributed by atoms with E-state index in [-0.39, 0.29) is 29.6 Å². The van der Waals surface area contributed by atoms with Gasteiger partial charge in [0.15, 0.2) is 9.84 Å². The average Bonchev–Trinajstić information content (AvgIpc) is 3.14. The number of sulfone groups is 1. The molecule has 3 rings (SSSR count). The first-order chi connectivity index (χ1) is 13.6. The number of amides is 1. The highest BCUT2D eigenvalue weighted by Crippen LogP contribution is 2.27. The monoisotopic (exact) mass is 419 g/mol. The SMILES string of the molecule is Cc1nn([C@H]2CCS(=O)(=O)C2)c(C)c1CN(C)C(=O)c1ccc(OC(C)C)cc1. The van der Waals surface area contributed by atoms with Crippen LogP contribution in [0.2, 0.25) is 0 Å². The van der Waals surface area contributed by atoms with E-state index in [0.29, 0.717) is 18.5 Å². The number of aromatic nitrogens is 2. The van der Waals surface area contributed by atoms with Crippen molar-refractivity contribution >= 4 is 15.7 Å². The largest absolute Gasteiger partial charge is 0.491 e. The van der Waals surface area contributed by atoms with Crippen molar-refractivity contribution in [3.63, 3.8) is 0 Å². The molecule has 1 amide bonds. The highest BCUT2D eigenvalue weighted by molar-refractivity contribution is 7.91. The molecule has 0 unspecified atom stereocenters. The number of ether oxygens (including phenoxy) is 1. The summed E-state index contributed by atoms with van der Waals surface area (Å²) in [6.45, 7) is 8.17. The molecule has 1 aromatic heterocycles. The molecule has 0 bridgehead atoms. The highest BCUT2D eigenvalue weighted by atomic mass is 32.2. The molecule has 1 atom stereocenters. The van der Waals surface area contributed by atoms with Crippen LogP contribution < -0.4 is 4.74 Å². The van der Waals surface area contributed by atoms with E-state index in [1.54, 1.807) is 36.2 Å². The van der Waals surface area contributed by atoms with Crippen LogP contribution in [0.5, 0.6) is 5.75 Å². The molecule has 1 saturated heterocycles. The molecule has 7 nitrogen and oxygen atoms in total. The van der Waals surface area contributed by atoms with Crippen molar-refractivity contribution in [2.75, 3.05) is 18.6 Å². The fourth-order valence-corrected chi connectivity index (χ4v) is 5.42. The van der Waals surface area contributed by atoms with Gasteiger partial charge >= 0.3 is 0 Å². The summed E-state index contributed by atoms with van der Waals surface area (Å²) < 4.78 is 31.1. The van der Waals surface area contributed by atoms with Crippen molar-refractivity contribution in [3.05, 3.63) is 46.8 Å². The Bertz CT molecular complexity index is 994. The third-order valence-electron chi connectivity index (χ3n) is 5.24. The molecule has 0 saturated carbocycles. The van der Waals surface area contributed by atoms with Crippen molar-refractivity contribution in [2.45, 2.75) is 52.8 Å². The topological polar surface area (TPSA) is 81.5 Å². The van der Waals surface area contributed by atoms with Crippen LogP contribution >= 0.6 is 0 Å². The van der Waals surface area contributed by atoms with E-state index in [4.69, 9.17) is 4.74 Å². The Morgan fingerprint density at radius 1 is 1.28 bits per heavy atom. The molecule has 0 radical (unpaired) electrons. The lowest BCUT2D eigenvalue weighted by atomic mass is 10.1. The molecule has 1 aliphatic rings. The van der Waals surface area contributed by atoms with Gasteiger partial charge in [-0.15, -0.1) is 0 Å². The van der Waals surface area contributed by atoms with Crippen LogP contribution in [0.3, 0.4) is 0 Å². The van der Waals surface area contributed by atoms with E-state index in [2.05, 4.69) is 5.10 Å². The zero-order valence-corrected chi connectivity index (χ0v) is 18.5. The second-order valence-electron chi connectivity index (χ2n) is 8.00. The summed E-state index contributed by atoms with van der Waals surface area (Å²) in [5.74, 6) is 0.989. The molecule has 29 heavy (non-hydrogen) atoms. The van der Waals surface area contributed by atoms with Gasteiger partial charge in [0.05, 0.1) is 29.3 Å². The average molecular weight is 420 g/mol. The summed E-state index contributed by atoms with van der Waals surface area (Å²) in [4.78, 5) is 14.5. The number of nitrogens with zero attached hydrogens (tertiary/aromatic N) is 3. The molecule has 0 spiro atoms. The van der Waals surface area contributed by atoms with E-state index in [1.807, 2.05) is 32.4 Å². The number of carbonyl (C=O) groups excluding carboxylic acids is 1. The van der Waals surface area contributed by atoms with Crippen LogP contribution in [0.15, 0.2) is 24.3 Å². The number of aryl methyl sites for hydroxylation is 1. The minimum Gasteiger partial charge on any atom is -0.491 e. The minimum absolute atomic E-state index is 0.0802. The lowest BCUT2D eigenvalue weighted by molar-refractivity contribution is 0.0784. The number of benzene rings is 1. The Balaban J connectivity index is 1.73. The lowest BCUT2D eigenvalue weighted by Crippen LogP contribution is -2.26. The summed E-state index contributed by atoms with van der Waals surface area (Å²) in [6.07, 6.45) is 0.667.